The highest BCUT2D eigenvalue weighted by Gasteiger charge is 2.17. The van der Waals surface area contributed by atoms with Crippen LogP contribution < -0.4 is 0 Å². The predicted octanol–water partition coefficient (Wildman–Crippen LogP) is 3.48. The highest BCUT2D eigenvalue weighted by Crippen LogP contribution is 2.29. The second kappa shape index (κ2) is 4.66. The fraction of sp³-hybridized carbons (Fsp3) is 0. The van der Waals surface area contributed by atoms with E-state index in [0.717, 1.165) is 10.9 Å². The zero-order valence-electron chi connectivity index (χ0n) is 11.4. The van der Waals surface area contributed by atoms with Crippen LogP contribution in [0.2, 0.25) is 0 Å². The van der Waals surface area contributed by atoms with E-state index in [2.05, 4.69) is 15.2 Å². The number of rotatable bonds is 2. The van der Waals surface area contributed by atoms with Crippen LogP contribution in [0.4, 0.5) is 0 Å². The molecule has 0 radical (unpaired) electrons. The SMILES string of the molecule is O=C(O)c1cccc2[nH]nc(-c3ccc4ccccc4n3)c12. The first-order valence-corrected chi connectivity index (χ1v) is 6.80. The Hall–Kier alpha value is -3.21. The normalized spacial score (nSPS) is 11.1. The van der Waals surface area contributed by atoms with Crippen molar-refractivity contribution in [3.63, 3.8) is 0 Å². The zero-order valence-corrected chi connectivity index (χ0v) is 11.4. The lowest BCUT2D eigenvalue weighted by Gasteiger charge is -2.02. The molecule has 5 nitrogen and oxygen atoms in total. The Morgan fingerprint density at radius 2 is 1.86 bits per heavy atom. The molecule has 106 valence electrons. The summed E-state index contributed by atoms with van der Waals surface area (Å²) in [5.74, 6) is -0.978. The molecule has 0 aliphatic carbocycles. The maximum atomic E-state index is 11.4. The lowest BCUT2D eigenvalue weighted by molar-refractivity contribution is 0.0699. The van der Waals surface area contributed by atoms with Gasteiger partial charge in [-0.1, -0.05) is 30.3 Å². The standard InChI is InChI=1S/C17H11N3O2/c21-17(22)11-5-3-7-13-15(11)16(20-19-13)14-9-8-10-4-1-2-6-12(10)18-14/h1-9H,(H,19,20)(H,21,22). The Balaban J connectivity index is 2.02. The lowest BCUT2D eigenvalue weighted by atomic mass is 10.1. The topological polar surface area (TPSA) is 78.9 Å². The van der Waals surface area contributed by atoms with Gasteiger partial charge in [0.1, 0.15) is 5.69 Å². The molecule has 0 spiro atoms. The van der Waals surface area contributed by atoms with E-state index in [1.807, 2.05) is 36.4 Å². The maximum Gasteiger partial charge on any atom is 0.336 e. The second-order valence-electron chi connectivity index (χ2n) is 4.99. The summed E-state index contributed by atoms with van der Waals surface area (Å²) in [6, 6.07) is 16.7. The molecule has 4 rings (SSSR count). The van der Waals surface area contributed by atoms with Crippen molar-refractivity contribution >= 4 is 27.8 Å². The maximum absolute atomic E-state index is 11.4. The first-order valence-electron chi connectivity index (χ1n) is 6.80. The van der Waals surface area contributed by atoms with E-state index in [0.29, 0.717) is 22.3 Å². The first-order chi connectivity index (χ1) is 10.7. The third-order valence-electron chi connectivity index (χ3n) is 3.66. The number of hydrogen-bond donors (Lipinski definition) is 2. The van der Waals surface area contributed by atoms with Crippen LogP contribution in [0.1, 0.15) is 10.4 Å². The number of H-pyrrole nitrogens is 1. The van der Waals surface area contributed by atoms with Gasteiger partial charge in [0.25, 0.3) is 0 Å². The second-order valence-corrected chi connectivity index (χ2v) is 4.99. The molecule has 0 bridgehead atoms. The molecule has 0 saturated heterocycles. The number of hydrogen-bond acceptors (Lipinski definition) is 3. The Kier molecular flexibility index (Phi) is 2.66. The highest BCUT2D eigenvalue weighted by molar-refractivity contribution is 6.08. The summed E-state index contributed by atoms with van der Waals surface area (Å²) in [7, 11) is 0. The summed E-state index contributed by atoms with van der Waals surface area (Å²) in [6.45, 7) is 0. The fourth-order valence-corrected chi connectivity index (χ4v) is 2.63. The number of nitrogens with one attached hydrogen (secondary N) is 1. The smallest absolute Gasteiger partial charge is 0.336 e. The van der Waals surface area contributed by atoms with Gasteiger partial charge in [-0.15, -0.1) is 0 Å². The average Bonchev–Trinajstić information content (AvgIpc) is 2.98. The molecule has 22 heavy (non-hydrogen) atoms. The van der Waals surface area contributed by atoms with Gasteiger partial charge in [-0.05, 0) is 24.3 Å². The summed E-state index contributed by atoms with van der Waals surface area (Å²) in [4.78, 5) is 16.0. The predicted molar refractivity (Wildman–Crippen MR) is 83.8 cm³/mol. The summed E-state index contributed by atoms with van der Waals surface area (Å²) in [5.41, 5.74) is 2.96. The number of benzene rings is 2. The molecule has 2 N–H and O–H groups in total. The minimum Gasteiger partial charge on any atom is -0.478 e. The van der Waals surface area contributed by atoms with E-state index in [4.69, 9.17) is 0 Å². The number of fused-ring (bicyclic) bond motifs is 2. The van der Waals surface area contributed by atoms with E-state index >= 15 is 0 Å². The van der Waals surface area contributed by atoms with Crippen molar-refractivity contribution in [2.75, 3.05) is 0 Å². The molecule has 0 fully saturated rings. The van der Waals surface area contributed by atoms with Gasteiger partial charge < -0.3 is 5.11 Å². The molecule has 5 heteroatoms. The summed E-state index contributed by atoms with van der Waals surface area (Å²) in [6.07, 6.45) is 0. The average molecular weight is 289 g/mol. The summed E-state index contributed by atoms with van der Waals surface area (Å²) < 4.78 is 0. The van der Waals surface area contributed by atoms with Gasteiger partial charge in [0.05, 0.1) is 22.3 Å². The molecule has 0 aliphatic rings. The van der Waals surface area contributed by atoms with Gasteiger partial charge in [0.2, 0.25) is 0 Å². The number of carbonyl (C=O) groups is 1. The zero-order chi connectivity index (χ0) is 15.1. The number of carboxylic acid groups (broad SMARTS) is 1. The van der Waals surface area contributed by atoms with E-state index in [1.54, 1.807) is 18.2 Å². The Morgan fingerprint density at radius 1 is 1.00 bits per heavy atom. The van der Waals surface area contributed by atoms with Crippen molar-refractivity contribution in [2.24, 2.45) is 0 Å². The van der Waals surface area contributed by atoms with Crippen LogP contribution in [0.25, 0.3) is 33.2 Å². The molecule has 0 unspecified atom stereocenters. The minimum absolute atomic E-state index is 0.219. The Labute approximate surface area is 125 Å². The molecular weight excluding hydrogens is 278 g/mol. The quantitative estimate of drug-likeness (QED) is 0.592. The molecule has 0 aliphatic heterocycles. The number of aromatic nitrogens is 3. The van der Waals surface area contributed by atoms with Gasteiger partial charge in [-0.25, -0.2) is 9.78 Å². The van der Waals surface area contributed by atoms with Crippen molar-refractivity contribution < 1.29 is 9.90 Å². The summed E-state index contributed by atoms with van der Waals surface area (Å²) >= 11 is 0. The molecule has 4 aromatic rings. The third-order valence-corrected chi connectivity index (χ3v) is 3.66. The van der Waals surface area contributed by atoms with Crippen molar-refractivity contribution in [3.8, 4) is 11.4 Å². The van der Waals surface area contributed by atoms with Crippen LogP contribution in [0.5, 0.6) is 0 Å². The molecule has 0 atom stereocenters. The number of pyridine rings is 1. The number of carboxylic acids is 1. The van der Waals surface area contributed by atoms with E-state index < -0.39 is 5.97 Å². The van der Waals surface area contributed by atoms with Crippen molar-refractivity contribution in [3.05, 3.63) is 60.2 Å². The van der Waals surface area contributed by atoms with Gasteiger partial charge >= 0.3 is 5.97 Å². The molecule has 2 aromatic heterocycles. The molecule has 2 aromatic carbocycles. The van der Waals surface area contributed by atoms with E-state index in [9.17, 15) is 9.90 Å². The number of aromatic amines is 1. The van der Waals surface area contributed by atoms with Crippen molar-refractivity contribution in [1.29, 1.82) is 0 Å². The number of aromatic carboxylic acids is 1. The van der Waals surface area contributed by atoms with Crippen molar-refractivity contribution in [1.82, 2.24) is 15.2 Å². The van der Waals surface area contributed by atoms with Gasteiger partial charge in [0.15, 0.2) is 0 Å². The van der Waals surface area contributed by atoms with E-state index in [1.165, 1.54) is 0 Å². The van der Waals surface area contributed by atoms with Crippen LogP contribution >= 0.6 is 0 Å². The van der Waals surface area contributed by atoms with Crippen molar-refractivity contribution in [2.45, 2.75) is 0 Å². The molecule has 0 amide bonds. The van der Waals surface area contributed by atoms with Crippen LogP contribution in [0.3, 0.4) is 0 Å². The number of nitrogens with zero attached hydrogens (tertiary/aromatic N) is 2. The fourth-order valence-electron chi connectivity index (χ4n) is 2.63. The monoisotopic (exact) mass is 289 g/mol. The number of para-hydroxylation sites is 1. The van der Waals surface area contributed by atoms with Gasteiger partial charge in [0, 0.05) is 10.8 Å². The van der Waals surface area contributed by atoms with Crippen LogP contribution in [-0.4, -0.2) is 26.3 Å². The molecule has 2 heterocycles. The lowest BCUT2D eigenvalue weighted by Crippen LogP contribution is -1.97. The molecule has 0 saturated carbocycles. The summed E-state index contributed by atoms with van der Waals surface area (Å²) in [5, 5.41) is 18.1. The minimum atomic E-state index is -0.978. The first kappa shape index (κ1) is 12.5. The third kappa shape index (κ3) is 1.83. The van der Waals surface area contributed by atoms with Crippen LogP contribution in [-0.2, 0) is 0 Å². The highest BCUT2D eigenvalue weighted by atomic mass is 16.4. The van der Waals surface area contributed by atoms with Crippen LogP contribution in [0, 0.1) is 0 Å². The Bertz CT molecular complexity index is 1020. The Morgan fingerprint density at radius 3 is 2.73 bits per heavy atom. The van der Waals surface area contributed by atoms with Crippen LogP contribution in [0.15, 0.2) is 54.6 Å². The van der Waals surface area contributed by atoms with Gasteiger partial charge in [-0.3, -0.25) is 5.10 Å². The molecular formula is C17H11N3O2. The largest absolute Gasteiger partial charge is 0.478 e. The van der Waals surface area contributed by atoms with Gasteiger partial charge in [-0.2, -0.15) is 5.10 Å². The van der Waals surface area contributed by atoms with E-state index in [-0.39, 0.29) is 5.56 Å².